The Balaban J connectivity index is 1.78. The maximum atomic E-state index is 4.44. The molecule has 0 radical (unpaired) electrons. The van der Waals surface area contributed by atoms with E-state index >= 15 is 0 Å². The summed E-state index contributed by atoms with van der Waals surface area (Å²) >= 11 is 3.44. The van der Waals surface area contributed by atoms with E-state index in [1.54, 1.807) is 6.20 Å². The minimum Gasteiger partial charge on any atom is -0.237 e. The SMILES string of the molecule is Cc1ccnc(-c2ccc(C=Cc3ccc(Br)cc3)cc2)n1. The van der Waals surface area contributed by atoms with E-state index in [1.165, 1.54) is 5.56 Å². The van der Waals surface area contributed by atoms with Gasteiger partial charge in [-0.2, -0.15) is 0 Å². The number of halogens is 1. The molecule has 1 aromatic heterocycles. The second-order valence-corrected chi connectivity index (χ2v) is 5.94. The molecule has 108 valence electrons. The van der Waals surface area contributed by atoms with Gasteiger partial charge in [-0.3, -0.25) is 0 Å². The molecule has 0 amide bonds. The first-order chi connectivity index (χ1) is 10.7. The van der Waals surface area contributed by atoms with E-state index in [2.05, 4.69) is 74.4 Å². The predicted octanol–water partition coefficient (Wildman–Crippen LogP) is 5.38. The van der Waals surface area contributed by atoms with Gasteiger partial charge in [-0.15, -0.1) is 0 Å². The lowest BCUT2D eigenvalue weighted by Crippen LogP contribution is -1.90. The Morgan fingerprint density at radius 2 is 1.41 bits per heavy atom. The summed E-state index contributed by atoms with van der Waals surface area (Å²) in [7, 11) is 0. The lowest BCUT2D eigenvalue weighted by molar-refractivity contribution is 1.11. The van der Waals surface area contributed by atoms with Crippen molar-refractivity contribution in [1.82, 2.24) is 9.97 Å². The smallest absolute Gasteiger partial charge is 0.159 e. The molecule has 0 aliphatic rings. The summed E-state index contributed by atoms with van der Waals surface area (Å²) < 4.78 is 1.09. The van der Waals surface area contributed by atoms with Gasteiger partial charge in [0, 0.05) is 21.9 Å². The molecule has 0 aliphatic heterocycles. The van der Waals surface area contributed by atoms with Crippen molar-refractivity contribution in [2.24, 2.45) is 0 Å². The van der Waals surface area contributed by atoms with E-state index in [0.29, 0.717) is 0 Å². The van der Waals surface area contributed by atoms with Crippen LogP contribution in [0.3, 0.4) is 0 Å². The highest BCUT2D eigenvalue weighted by molar-refractivity contribution is 9.10. The summed E-state index contributed by atoms with van der Waals surface area (Å²) in [5.74, 6) is 0.767. The van der Waals surface area contributed by atoms with Crippen molar-refractivity contribution in [3.05, 3.63) is 82.1 Å². The average molecular weight is 351 g/mol. The van der Waals surface area contributed by atoms with Crippen LogP contribution in [0.1, 0.15) is 16.8 Å². The molecule has 3 aromatic rings. The normalized spacial score (nSPS) is 11.0. The van der Waals surface area contributed by atoms with Crippen molar-refractivity contribution in [2.75, 3.05) is 0 Å². The van der Waals surface area contributed by atoms with Gasteiger partial charge < -0.3 is 0 Å². The molecule has 3 heteroatoms. The maximum Gasteiger partial charge on any atom is 0.159 e. The van der Waals surface area contributed by atoms with Crippen LogP contribution in [-0.4, -0.2) is 9.97 Å². The van der Waals surface area contributed by atoms with Gasteiger partial charge >= 0.3 is 0 Å². The Morgan fingerprint density at radius 3 is 2.00 bits per heavy atom. The molecule has 3 rings (SSSR count). The molecule has 0 aliphatic carbocycles. The van der Waals surface area contributed by atoms with Crippen LogP contribution in [0.15, 0.2) is 65.3 Å². The third kappa shape index (κ3) is 3.68. The maximum absolute atomic E-state index is 4.44. The average Bonchev–Trinajstić information content (AvgIpc) is 2.55. The second kappa shape index (κ2) is 6.67. The minimum atomic E-state index is 0.767. The summed E-state index contributed by atoms with van der Waals surface area (Å²) in [5.41, 5.74) is 4.34. The monoisotopic (exact) mass is 350 g/mol. The second-order valence-electron chi connectivity index (χ2n) is 5.03. The van der Waals surface area contributed by atoms with E-state index in [-0.39, 0.29) is 0 Å². The molecule has 0 spiro atoms. The Kier molecular flexibility index (Phi) is 4.45. The molecular weight excluding hydrogens is 336 g/mol. The van der Waals surface area contributed by atoms with Gasteiger partial charge in [0.2, 0.25) is 0 Å². The van der Waals surface area contributed by atoms with E-state index in [1.807, 2.05) is 25.1 Å². The highest BCUT2D eigenvalue weighted by Gasteiger charge is 2.00. The van der Waals surface area contributed by atoms with E-state index < -0.39 is 0 Å². The van der Waals surface area contributed by atoms with E-state index in [9.17, 15) is 0 Å². The largest absolute Gasteiger partial charge is 0.237 e. The van der Waals surface area contributed by atoms with E-state index in [0.717, 1.165) is 27.1 Å². The van der Waals surface area contributed by atoms with Crippen LogP contribution in [-0.2, 0) is 0 Å². The molecule has 0 fully saturated rings. The molecule has 22 heavy (non-hydrogen) atoms. The number of rotatable bonds is 3. The van der Waals surface area contributed by atoms with Gasteiger partial charge in [-0.05, 0) is 36.2 Å². The minimum absolute atomic E-state index is 0.767. The van der Waals surface area contributed by atoms with Crippen LogP contribution >= 0.6 is 15.9 Å². The number of hydrogen-bond acceptors (Lipinski definition) is 2. The highest BCUT2D eigenvalue weighted by atomic mass is 79.9. The zero-order valence-corrected chi connectivity index (χ0v) is 13.8. The molecule has 0 saturated carbocycles. The van der Waals surface area contributed by atoms with Gasteiger partial charge in [0.25, 0.3) is 0 Å². The fourth-order valence-electron chi connectivity index (χ4n) is 2.10. The number of nitrogens with zero attached hydrogens (tertiary/aromatic N) is 2. The number of benzene rings is 2. The van der Waals surface area contributed by atoms with Gasteiger partial charge in [-0.1, -0.05) is 64.5 Å². The quantitative estimate of drug-likeness (QED) is 0.592. The topological polar surface area (TPSA) is 25.8 Å². The third-order valence-electron chi connectivity index (χ3n) is 3.30. The first kappa shape index (κ1) is 14.7. The Morgan fingerprint density at radius 1 is 0.818 bits per heavy atom. The summed E-state index contributed by atoms with van der Waals surface area (Å²) in [6, 6.07) is 18.4. The first-order valence-corrected chi connectivity index (χ1v) is 7.84. The van der Waals surface area contributed by atoms with Gasteiger partial charge in [0.1, 0.15) is 0 Å². The highest BCUT2D eigenvalue weighted by Crippen LogP contribution is 2.17. The lowest BCUT2D eigenvalue weighted by atomic mass is 10.1. The number of hydrogen-bond donors (Lipinski definition) is 0. The molecule has 2 aromatic carbocycles. The summed E-state index contributed by atoms with van der Waals surface area (Å²) in [6.45, 7) is 1.97. The van der Waals surface area contributed by atoms with Crippen LogP contribution in [0.25, 0.3) is 23.5 Å². The predicted molar refractivity (Wildman–Crippen MR) is 95.3 cm³/mol. The van der Waals surface area contributed by atoms with Crippen LogP contribution in [0, 0.1) is 6.92 Å². The Hall–Kier alpha value is -2.26. The van der Waals surface area contributed by atoms with Gasteiger partial charge in [0.15, 0.2) is 5.82 Å². The van der Waals surface area contributed by atoms with Gasteiger partial charge in [0.05, 0.1) is 0 Å². The lowest BCUT2D eigenvalue weighted by Gasteiger charge is -2.01. The van der Waals surface area contributed by atoms with Crippen molar-refractivity contribution in [1.29, 1.82) is 0 Å². The van der Waals surface area contributed by atoms with Gasteiger partial charge in [-0.25, -0.2) is 9.97 Å². The van der Waals surface area contributed by atoms with Crippen LogP contribution < -0.4 is 0 Å². The van der Waals surface area contributed by atoms with Crippen LogP contribution in [0.2, 0.25) is 0 Å². The summed E-state index contributed by atoms with van der Waals surface area (Å²) in [6.07, 6.45) is 5.99. The van der Waals surface area contributed by atoms with Crippen molar-refractivity contribution in [3.63, 3.8) is 0 Å². The van der Waals surface area contributed by atoms with Crippen molar-refractivity contribution < 1.29 is 0 Å². The van der Waals surface area contributed by atoms with Crippen molar-refractivity contribution in [2.45, 2.75) is 6.92 Å². The fourth-order valence-corrected chi connectivity index (χ4v) is 2.36. The summed E-state index contributed by atoms with van der Waals surface area (Å²) in [5, 5.41) is 0. The first-order valence-electron chi connectivity index (χ1n) is 7.04. The third-order valence-corrected chi connectivity index (χ3v) is 3.83. The zero-order valence-electron chi connectivity index (χ0n) is 12.2. The molecule has 0 unspecified atom stereocenters. The fraction of sp³-hybridized carbons (Fsp3) is 0.0526. The van der Waals surface area contributed by atoms with Crippen molar-refractivity contribution >= 4 is 28.1 Å². The number of aryl methyl sites for hydroxylation is 1. The molecule has 0 saturated heterocycles. The van der Waals surface area contributed by atoms with Crippen LogP contribution in [0.4, 0.5) is 0 Å². The molecule has 2 nitrogen and oxygen atoms in total. The van der Waals surface area contributed by atoms with Crippen molar-refractivity contribution in [3.8, 4) is 11.4 Å². The van der Waals surface area contributed by atoms with Crippen LogP contribution in [0.5, 0.6) is 0 Å². The molecule has 1 heterocycles. The number of aromatic nitrogens is 2. The molecular formula is C19H15BrN2. The Labute approximate surface area is 138 Å². The zero-order chi connectivity index (χ0) is 15.4. The standard InChI is InChI=1S/C19H15BrN2/c1-14-12-13-21-19(22-14)17-8-4-15(5-9-17)2-3-16-6-10-18(20)11-7-16/h2-13H,1H3. The Bertz CT molecular complexity index is 790. The summed E-state index contributed by atoms with van der Waals surface area (Å²) in [4.78, 5) is 8.75. The molecule has 0 bridgehead atoms. The molecule has 0 N–H and O–H groups in total. The van der Waals surface area contributed by atoms with E-state index in [4.69, 9.17) is 0 Å². The molecule has 0 atom stereocenters.